The monoisotopic (exact) mass is 541 g/mol. The largest absolute Gasteiger partial charge is 0.422 e. The Bertz CT molecular complexity index is 967. The number of nitrogen functional groups attached to an aromatic ring is 1. The van der Waals surface area contributed by atoms with Crippen LogP contribution in [0.2, 0.25) is 10.0 Å². The number of nitrogens with zero attached hydrogens (tertiary/aromatic N) is 2. The minimum atomic E-state index is -4.77. The van der Waals surface area contributed by atoms with E-state index in [1.165, 1.54) is 36.4 Å². The first-order chi connectivity index (χ1) is 12.6. The van der Waals surface area contributed by atoms with Crippen molar-refractivity contribution in [1.29, 1.82) is 0 Å². The van der Waals surface area contributed by atoms with Crippen LogP contribution in [0.4, 0.5) is 18.9 Å². The molecular formula is C17H10Br2Cl2F3N3. The molecule has 3 rings (SSSR count). The van der Waals surface area contributed by atoms with Gasteiger partial charge in [-0.1, -0.05) is 35.3 Å². The molecule has 0 bridgehead atoms. The van der Waals surface area contributed by atoms with Gasteiger partial charge in [-0.3, -0.25) is 0 Å². The van der Waals surface area contributed by atoms with Crippen LogP contribution in [0, 0.1) is 0 Å². The first kappa shape index (κ1) is 20.5. The Balaban J connectivity index is 2.46. The fraction of sp³-hybridized carbons (Fsp3) is 0.118. The molecule has 27 heavy (non-hydrogen) atoms. The molecule has 0 saturated carbocycles. The van der Waals surface area contributed by atoms with Gasteiger partial charge in [-0.05, 0) is 67.3 Å². The van der Waals surface area contributed by atoms with Gasteiger partial charge >= 0.3 is 6.18 Å². The van der Waals surface area contributed by atoms with E-state index in [0.717, 1.165) is 17.1 Å². The van der Waals surface area contributed by atoms with Gasteiger partial charge in [-0.15, -0.1) is 0 Å². The van der Waals surface area contributed by atoms with Crippen LogP contribution in [-0.4, -0.2) is 16.0 Å². The highest BCUT2D eigenvalue weighted by molar-refractivity contribution is 9.11. The van der Waals surface area contributed by atoms with Gasteiger partial charge in [0, 0.05) is 20.2 Å². The van der Waals surface area contributed by atoms with E-state index in [9.17, 15) is 13.2 Å². The van der Waals surface area contributed by atoms with Gasteiger partial charge < -0.3 is 5.73 Å². The molecule has 1 heterocycles. The smallest absolute Gasteiger partial charge is 0.397 e. The molecule has 0 amide bonds. The van der Waals surface area contributed by atoms with Crippen LogP contribution >= 0.6 is 55.1 Å². The third-order valence-corrected chi connectivity index (χ3v) is 5.82. The molecule has 2 aromatic carbocycles. The summed E-state index contributed by atoms with van der Waals surface area (Å²) in [6.45, 7) is 0. The summed E-state index contributed by atoms with van der Waals surface area (Å²) in [5.41, 5.74) is 3.31. The van der Waals surface area contributed by atoms with Gasteiger partial charge in [-0.2, -0.15) is 18.3 Å². The normalized spacial score (nSPS) is 14.2. The molecule has 0 saturated heterocycles. The van der Waals surface area contributed by atoms with E-state index < -0.39 is 11.7 Å². The van der Waals surface area contributed by atoms with Crippen molar-refractivity contribution in [3.8, 4) is 0 Å². The lowest BCUT2D eigenvalue weighted by Crippen LogP contribution is -2.50. The minimum Gasteiger partial charge on any atom is -0.397 e. The summed E-state index contributed by atoms with van der Waals surface area (Å²) in [4.78, 5) is 0. The molecule has 0 aliphatic heterocycles. The van der Waals surface area contributed by atoms with Crippen LogP contribution in [0.25, 0.3) is 0 Å². The number of rotatable bonds is 3. The maximum atomic E-state index is 14.7. The molecule has 0 aliphatic rings. The lowest BCUT2D eigenvalue weighted by Gasteiger charge is -2.37. The van der Waals surface area contributed by atoms with Crippen molar-refractivity contribution < 1.29 is 13.2 Å². The molecule has 0 spiro atoms. The lowest BCUT2D eigenvalue weighted by atomic mass is 9.82. The maximum Gasteiger partial charge on any atom is 0.422 e. The third kappa shape index (κ3) is 3.48. The Morgan fingerprint density at radius 3 is 1.93 bits per heavy atom. The molecule has 3 aromatic rings. The number of alkyl halides is 3. The summed E-state index contributed by atoms with van der Waals surface area (Å²) in [6, 6.07) is 8.04. The number of anilines is 1. The number of aromatic nitrogens is 2. The second kappa shape index (κ2) is 7.31. The predicted octanol–water partition coefficient (Wildman–Crippen LogP) is 6.65. The fourth-order valence-corrected chi connectivity index (χ4v) is 4.31. The van der Waals surface area contributed by atoms with E-state index in [4.69, 9.17) is 28.9 Å². The Labute approximate surface area is 179 Å². The first-order valence-electron chi connectivity index (χ1n) is 7.35. The lowest BCUT2D eigenvalue weighted by molar-refractivity contribution is -0.189. The zero-order valence-electron chi connectivity index (χ0n) is 13.2. The van der Waals surface area contributed by atoms with Crippen molar-refractivity contribution in [1.82, 2.24) is 9.78 Å². The van der Waals surface area contributed by atoms with Crippen LogP contribution in [-0.2, 0) is 5.54 Å². The van der Waals surface area contributed by atoms with E-state index in [1.54, 1.807) is 0 Å². The minimum absolute atomic E-state index is 0.0752. The molecule has 1 aromatic heterocycles. The van der Waals surface area contributed by atoms with Crippen LogP contribution in [0.3, 0.4) is 0 Å². The topological polar surface area (TPSA) is 43.8 Å². The van der Waals surface area contributed by atoms with E-state index in [0.29, 0.717) is 14.0 Å². The zero-order chi connectivity index (χ0) is 20.0. The quantitative estimate of drug-likeness (QED) is 0.376. The molecule has 3 nitrogen and oxygen atoms in total. The van der Waals surface area contributed by atoms with Gasteiger partial charge in [-0.25, -0.2) is 4.68 Å². The highest BCUT2D eigenvalue weighted by Gasteiger charge is 2.60. The van der Waals surface area contributed by atoms with Crippen molar-refractivity contribution in [2.24, 2.45) is 0 Å². The van der Waals surface area contributed by atoms with Crippen LogP contribution < -0.4 is 5.73 Å². The number of hydrogen-bond donors (Lipinski definition) is 1. The summed E-state index contributed by atoms with van der Waals surface area (Å²) in [6.07, 6.45) is -2.49. The molecule has 1 unspecified atom stereocenters. The predicted molar refractivity (Wildman–Crippen MR) is 107 cm³/mol. The van der Waals surface area contributed by atoms with Gasteiger partial charge in [0.05, 0.1) is 16.9 Å². The molecule has 1 atom stereocenters. The molecule has 0 fully saturated rings. The third-order valence-electron chi connectivity index (χ3n) is 4.06. The average molecular weight is 544 g/mol. The number of hydrogen-bond acceptors (Lipinski definition) is 2. The summed E-state index contributed by atoms with van der Waals surface area (Å²) >= 11 is 18.2. The van der Waals surface area contributed by atoms with Crippen molar-refractivity contribution in [3.63, 3.8) is 0 Å². The summed E-state index contributed by atoms with van der Waals surface area (Å²) in [5.74, 6) is 0. The summed E-state index contributed by atoms with van der Waals surface area (Å²) < 4.78 is 45.5. The van der Waals surface area contributed by atoms with Crippen molar-refractivity contribution in [2.75, 3.05) is 5.73 Å². The van der Waals surface area contributed by atoms with E-state index in [2.05, 4.69) is 37.0 Å². The van der Waals surface area contributed by atoms with Crippen molar-refractivity contribution >= 4 is 60.7 Å². The summed E-state index contributed by atoms with van der Waals surface area (Å²) in [7, 11) is 0. The van der Waals surface area contributed by atoms with Gasteiger partial charge in [0.15, 0.2) is 0 Å². The zero-order valence-corrected chi connectivity index (χ0v) is 17.9. The Kier molecular flexibility index (Phi) is 5.55. The highest BCUT2D eigenvalue weighted by Crippen LogP contribution is 2.49. The standard InChI is InChI=1S/C17H10Br2Cl2F3N3/c18-13-5-10(6-14(19)15(13)25)16(17(22,23)24,27-8-12(21)7-26-27)9-1-3-11(20)4-2-9/h1-8H,25H2. The van der Waals surface area contributed by atoms with Gasteiger partial charge in [0.25, 0.3) is 0 Å². The van der Waals surface area contributed by atoms with Gasteiger partial charge in [0.1, 0.15) is 0 Å². The molecule has 142 valence electrons. The second-order valence-electron chi connectivity index (χ2n) is 5.67. The second-order valence-corrected chi connectivity index (χ2v) is 8.25. The maximum absolute atomic E-state index is 14.7. The van der Waals surface area contributed by atoms with Crippen molar-refractivity contribution in [2.45, 2.75) is 11.7 Å². The number of halogens is 7. The Morgan fingerprint density at radius 2 is 1.48 bits per heavy atom. The number of nitrogens with two attached hydrogens (primary N) is 1. The van der Waals surface area contributed by atoms with E-state index in [-0.39, 0.29) is 21.8 Å². The van der Waals surface area contributed by atoms with Crippen LogP contribution in [0.1, 0.15) is 11.1 Å². The molecule has 10 heteroatoms. The SMILES string of the molecule is Nc1c(Br)cc(C(c2ccc(Cl)cc2)(n2cc(Cl)cn2)C(F)(F)F)cc1Br. The van der Waals surface area contributed by atoms with E-state index >= 15 is 0 Å². The Hall–Kier alpha value is -1.22. The molecule has 2 N–H and O–H groups in total. The molecule has 0 radical (unpaired) electrons. The van der Waals surface area contributed by atoms with Crippen molar-refractivity contribution in [3.05, 3.63) is 78.9 Å². The summed E-state index contributed by atoms with van der Waals surface area (Å²) in [5, 5.41) is 4.27. The highest BCUT2D eigenvalue weighted by atomic mass is 79.9. The Morgan fingerprint density at radius 1 is 0.926 bits per heavy atom. The van der Waals surface area contributed by atoms with E-state index in [1.807, 2.05) is 0 Å². The average Bonchev–Trinajstić information content (AvgIpc) is 3.00. The van der Waals surface area contributed by atoms with Crippen LogP contribution in [0.15, 0.2) is 57.7 Å². The number of benzene rings is 2. The van der Waals surface area contributed by atoms with Crippen LogP contribution in [0.5, 0.6) is 0 Å². The van der Waals surface area contributed by atoms with Gasteiger partial charge in [0.2, 0.25) is 5.54 Å². The molecule has 0 aliphatic carbocycles. The first-order valence-corrected chi connectivity index (χ1v) is 9.70. The molecular weight excluding hydrogens is 534 g/mol. The fourth-order valence-electron chi connectivity index (χ4n) is 2.86.